The molecule has 0 amide bonds. The van der Waals surface area contributed by atoms with Crippen LogP contribution in [0.1, 0.15) is 12.0 Å². The maximum atomic E-state index is 8.46. The Balaban J connectivity index is 2.46. The minimum Gasteiger partial charge on any atom is -0.497 e. The summed E-state index contributed by atoms with van der Waals surface area (Å²) < 4.78 is 5.08. The summed E-state index contributed by atoms with van der Waals surface area (Å²) in [6.07, 6.45) is 0.576. The normalized spacial score (nSPS) is 10.0. The predicted molar refractivity (Wildman–Crippen MR) is 59.6 cm³/mol. The first-order valence-electron chi connectivity index (χ1n) is 4.94. The van der Waals surface area contributed by atoms with E-state index in [0.29, 0.717) is 6.42 Å². The van der Waals surface area contributed by atoms with E-state index in [-0.39, 0.29) is 0 Å². The molecule has 1 aromatic carbocycles. The van der Waals surface area contributed by atoms with Gasteiger partial charge in [0.15, 0.2) is 0 Å². The lowest BCUT2D eigenvalue weighted by atomic mass is 10.2. The molecule has 0 radical (unpaired) electrons. The molecule has 1 rings (SSSR count). The first kappa shape index (κ1) is 11.5. The molecule has 0 unspecified atom stereocenters. The Kier molecular flexibility index (Phi) is 4.65. The van der Waals surface area contributed by atoms with E-state index in [1.807, 2.05) is 31.3 Å². The van der Waals surface area contributed by atoms with Crippen LogP contribution in [0.4, 0.5) is 0 Å². The van der Waals surface area contributed by atoms with Gasteiger partial charge in [-0.05, 0) is 24.7 Å². The molecule has 0 aliphatic heterocycles. The minimum atomic E-state index is 0.576. The number of methoxy groups -OCH3 is 1. The number of hydrogen-bond donors (Lipinski definition) is 0. The summed E-state index contributed by atoms with van der Waals surface area (Å²) in [6.45, 7) is 1.67. The van der Waals surface area contributed by atoms with Gasteiger partial charge in [-0.1, -0.05) is 12.1 Å². The van der Waals surface area contributed by atoms with Gasteiger partial charge in [0.05, 0.1) is 13.2 Å². The van der Waals surface area contributed by atoms with Crippen LogP contribution in [-0.4, -0.2) is 25.6 Å². The Bertz CT molecular complexity index is 326. The molecule has 0 fully saturated rings. The summed E-state index contributed by atoms with van der Waals surface area (Å²) in [5.41, 5.74) is 1.23. The second kappa shape index (κ2) is 6.05. The lowest BCUT2D eigenvalue weighted by Gasteiger charge is -2.14. The van der Waals surface area contributed by atoms with Gasteiger partial charge in [0.1, 0.15) is 5.75 Å². The Morgan fingerprint density at radius 2 is 2.00 bits per heavy atom. The molecule has 0 saturated heterocycles. The van der Waals surface area contributed by atoms with E-state index >= 15 is 0 Å². The highest BCUT2D eigenvalue weighted by molar-refractivity contribution is 5.26. The number of ether oxygens (including phenoxy) is 1. The molecule has 3 nitrogen and oxygen atoms in total. The summed E-state index contributed by atoms with van der Waals surface area (Å²) in [5.74, 6) is 0.874. The van der Waals surface area contributed by atoms with Crippen molar-refractivity contribution in [1.29, 1.82) is 5.26 Å². The molecule has 3 heteroatoms. The fourth-order valence-electron chi connectivity index (χ4n) is 1.36. The van der Waals surface area contributed by atoms with Crippen LogP contribution in [0.3, 0.4) is 0 Å². The van der Waals surface area contributed by atoms with Crippen LogP contribution in [-0.2, 0) is 6.54 Å². The molecular formula is C12H16N2O. The van der Waals surface area contributed by atoms with E-state index < -0.39 is 0 Å². The monoisotopic (exact) mass is 204 g/mol. The van der Waals surface area contributed by atoms with Crippen molar-refractivity contribution >= 4 is 0 Å². The maximum Gasteiger partial charge on any atom is 0.118 e. The van der Waals surface area contributed by atoms with Crippen molar-refractivity contribution in [2.75, 3.05) is 20.7 Å². The summed E-state index contributed by atoms with van der Waals surface area (Å²) in [5, 5.41) is 8.46. The Morgan fingerprint density at radius 1 is 1.33 bits per heavy atom. The second-order valence-corrected chi connectivity index (χ2v) is 3.49. The fourth-order valence-corrected chi connectivity index (χ4v) is 1.36. The van der Waals surface area contributed by atoms with E-state index in [0.717, 1.165) is 18.8 Å². The Labute approximate surface area is 90.9 Å². The van der Waals surface area contributed by atoms with Gasteiger partial charge < -0.3 is 9.64 Å². The highest BCUT2D eigenvalue weighted by Gasteiger charge is 1.99. The topological polar surface area (TPSA) is 36.3 Å². The number of nitriles is 1. The van der Waals surface area contributed by atoms with E-state index in [1.54, 1.807) is 7.11 Å². The maximum absolute atomic E-state index is 8.46. The zero-order valence-corrected chi connectivity index (χ0v) is 9.23. The number of benzene rings is 1. The van der Waals surface area contributed by atoms with Gasteiger partial charge in [0.2, 0.25) is 0 Å². The third-order valence-corrected chi connectivity index (χ3v) is 2.22. The predicted octanol–water partition coefficient (Wildman–Crippen LogP) is 2.04. The third-order valence-electron chi connectivity index (χ3n) is 2.22. The molecule has 0 aliphatic carbocycles. The number of nitrogens with zero attached hydrogens (tertiary/aromatic N) is 2. The zero-order chi connectivity index (χ0) is 11.1. The molecule has 15 heavy (non-hydrogen) atoms. The van der Waals surface area contributed by atoms with Crippen LogP contribution in [0.25, 0.3) is 0 Å². The van der Waals surface area contributed by atoms with Crippen molar-refractivity contribution in [3.63, 3.8) is 0 Å². The van der Waals surface area contributed by atoms with Crippen LogP contribution in [0.15, 0.2) is 24.3 Å². The average molecular weight is 204 g/mol. The van der Waals surface area contributed by atoms with Crippen molar-refractivity contribution in [1.82, 2.24) is 4.90 Å². The van der Waals surface area contributed by atoms with Gasteiger partial charge >= 0.3 is 0 Å². The van der Waals surface area contributed by atoms with Crippen LogP contribution in [0, 0.1) is 11.3 Å². The third kappa shape index (κ3) is 4.01. The lowest BCUT2D eigenvalue weighted by molar-refractivity contribution is 0.334. The highest BCUT2D eigenvalue weighted by Crippen LogP contribution is 2.12. The molecule has 0 aliphatic rings. The molecule has 80 valence electrons. The number of hydrogen-bond acceptors (Lipinski definition) is 3. The van der Waals surface area contributed by atoms with Gasteiger partial charge in [-0.15, -0.1) is 0 Å². The van der Waals surface area contributed by atoms with Crippen molar-refractivity contribution in [2.24, 2.45) is 0 Å². The molecule has 0 aromatic heterocycles. The van der Waals surface area contributed by atoms with E-state index in [4.69, 9.17) is 10.00 Å². The largest absolute Gasteiger partial charge is 0.497 e. The summed E-state index contributed by atoms with van der Waals surface area (Å²) in [4.78, 5) is 2.13. The fraction of sp³-hybridized carbons (Fsp3) is 0.417. The standard InChI is InChI=1S/C12H16N2O/c1-14(9-3-8-13)10-11-4-6-12(15-2)7-5-11/h4-7H,3,9-10H2,1-2H3. The van der Waals surface area contributed by atoms with Gasteiger partial charge in [0.25, 0.3) is 0 Å². The smallest absolute Gasteiger partial charge is 0.118 e. The van der Waals surface area contributed by atoms with Crippen LogP contribution < -0.4 is 4.74 Å². The van der Waals surface area contributed by atoms with Crippen molar-refractivity contribution in [3.8, 4) is 11.8 Å². The first-order valence-corrected chi connectivity index (χ1v) is 4.94. The zero-order valence-electron chi connectivity index (χ0n) is 9.23. The number of rotatable bonds is 5. The first-order chi connectivity index (χ1) is 7.26. The molecular weight excluding hydrogens is 188 g/mol. The minimum absolute atomic E-state index is 0.576. The van der Waals surface area contributed by atoms with Crippen molar-refractivity contribution in [3.05, 3.63) is 29.8 Å². The van der Waals surface area contributed by atoms with Crippen LogP contribution >= 0.6 is 0 Å². The summed E-state index contributed by atoms with van der Waals surface area (Å²) in [6, 6.07) is 10.1. The molecule has 0 atom stereocenters. The summed E-state index contributed by atoms with van der Waals surface area (Å²) in [7, 11) is 3.68. The van der Waals surface area contributed by atoms with Crippen molar-refractivity contribution < 1.29 is 4.74 Å². The molecule has 0 saturated carbocycles. The molecule has 0 heterocycles. The van der Waals surface area contributed by atoms with Crippen LogP contribution in [0.5, 0.6) is 5.75 Å². The van der Waals surface area contributed by atoms with Crippen LogP contribution in [0.2, 0.25) is 0 Å². The second-order valence-electron chi connectivity index (χ2n) is 3.49. The lowest BCUT2D eigenvalue weighted by Crippen LogP contribution is -2.18. The van der Waals surface area contributed by atoms with Gasteiger partial charge in [0, 0.05) is 19.5 Å². The SMILES string of the molecule is COc1ccc(CN(C)CCC#N)cc1. The Hall–Kier alpha value is -1.53. The van der Waals surface area contributed by atoms with E-state index in [2.05, 4.69) is 11.0 Å². The Morgan fingerprint density at radius 3 is 2.53 bits per heavy atom. The quantitative estimate of drug-likeness (QED) is 0.736. The molecule has 1 aromatic rings. The van der Waals surface area contributed by atoms with E-state index in [1.165, 1.54) is 5.56 Å². The van der Waals surface area contributed by atoms with Gasteiger partial charge in [-0.2, -0.15) is 5.26 Å². The summed E-state index contributed by atoms with van der Waals surface area (Å²) >= 11 is 0. The average Bonchev–Trinajstić information content (AvgIpc) is 2.27. The van der Waals surface area contributed by atoms with Crippen molar-refractivity contribution in [2.45, 2.75) is 13.0 Å². The molecule has 0 bridgehead atoms. The van der Waals surface area contributed by atoms with Gasteiger partial charge in [-0.3, -0.25) is 0 Å². The molecule has 0 spiro atoms. The van der Waals surface area contributed by atoms with Gasteiger partial charge in [-0.25, -0.2) is 0 Å². The highest BCUT2D eigenvalue weighted by atomic mass is 16.5. The molecule has 0 N–H and O–H groups in total. The van der Waals surface area contributed by atoms with E-state index in [9.17, 15) is 0 Å².